The highest BCUT2D eigenvalue weighted by atomic mass is 16.6. The summed E-state index contributed by atoms with van der Waals surface area (Å²) in [7, 11) is 0. The van der Waals surface area contributed by atoms with Crippen LogP contribution in [0, 0.1) is 24.0 Å². The lowest BCUT2D eigenvalue weighted by atomic mass is 10.1. The quantitative estimate of drug-likeness (QED) is 0.263. The van der Waals surface area contributed by atoms with Crippen molar-refractivity contribution >= 4 is 11.6 Å². The summed E-state index contributed by atoms with van der Waals surface area (Å²) in [6, 6.07) is 18.7. The molecule has 0 saturated heterocycles. The number of hydrogen-bond acceptors (Lipinski definition) is 6. The lowest BCUT2D eigenvalue weighted by Gasteiger charge is -2.09. The molecule has 0 unspecified atom stereocenters. The Labute approximate surface area is 202 Å². The minimum Gasteiger partial charge on any atom is -0.467 e. The van der Waals surface area contributed by atoms with E-state index in [1.54, 1.807) is 36.9 Å². The number of aromatic nitrogens is 2. The molecule has 0 fully saturated rings. The number of nitrogens with one attached hydrogen (secondary N) is 1. The lowest BCUT2D eigenvalue weighted by molar-refractivity contribution is -0.386. The number of nitro groups is 1. The van der Waals surface area contributed by atoms with Crippen LogP contribution >= 0.6 is 0 Å². The average Bonchev–Trinajstić information content (AvgIpc) is 3.45. The fourth-order valence-corrected chi connectivity index (χ4v) is 3.82. The van der Waals surface area contributed by atoms with Gasteiger partial charge in [0, 0.05) is 12.1 Å². The van der Waals surface area contributed by atoms with Crippen LogP contribution in [-0.2, 0) is 31.0 Å². The predicted molar refractivity (Wildman–Crippen MR) is 129 cm³/mol. The molecule has 9 nitrogen and oxygen atoms in total. The molecule has 0 radical (unpaired) electrons. The normalized spacial score (nSPS) is 10.9. The summed E-state index contributed by atoms with van der Waals surface area (Å²) in [5.41, 5.74) is 4.33. The number of furan rings is 1. The first kappa shape index (κ1) is 23.9. The number of rotatable bonds is 10. The number of amides is 1. The predicted octanol–water partition coefficient (Wildman–Crippen LogP) is 4.70. The molecule has 0 aliphatic rings. The summed E-state index contributed by atoms with van der Waals surface area (Å²) in [5.74, 6) is 0.591. The van der Waals surface area contributed by atoms with Crippen molar-refractivity contribution in [3.63, 3.8) is 0 Å². The molecule has 0 saturated carbocycles. The first-order valence-corrected chi connectivity index (χ1v) is 11.1. The number of benzene rings is 2. The van der Waals surface area contributed by atoms with Crippen LogP contribution in [-0.4, -0.2) is 20.6 Å². The Bertz CT molecular complexity index is 1310. The average molecular weight is 475 g/mol. The third-order valence-corrected chi connectivity index (χ3v) is 5.61. The van der Waals surface area contributed by atoms with Gasteiger partial charge < -0.3 is 14.5 Å². The Balaban J connectivity index is 1.30. The van der Waals surface area contributed by atoms with Crippen LogP contribution in [0.3, 0.4) is 0 Å². The lowest BCUT2D eigenvalue weighted by Crippen LogP contribution is -2.22. The van der Waals surface area contributed by atoms with Crippen molar-refractivity contribution in [2.75, 3.05) is 0 Å². The molecule has 0 aliphatic carbocycles. The number of ether oxygens (including phenoxy) is 1. The molecule has 2 aromatic heterocycles. The van der Waals surface area contributed by atoms with Crippen molar-refractivity contribution in [3.8, 4) is 0 Å². The first-order valence-electron chi connectivity index (χ1n) is 11.1. The minimum atomic E-state index is -0.411. The van der Waals surface area contributed by atoms with Crippen molar-refractivity contribution in [2.45, 2.75) is 40.2 Å². The molecular weight excluding hydrogens is 448 g/mol. The molecule has 0 bridgehead atoms. The second-order valence-electron chi connectivity index (χ2n) is 8.21. The topological polar surface area (TPSA) is 112 Å². The van der Waals surface area contributed by atoms with E-state index in [1.165, 1.54) is 0 Å². The number of nitrogens with zero attached hydrogens (tertiary/aromatic N) is 3. The second kappa shape index (κ2) is 10.8. The van der Waals surface area contributed by atoms with Gasteiger partial charge in [0.1, 0.15) is 23.8 Å². The smallest absolute Gasteiger partial charge is 0.312 e. The van der Waals surface area contributed by atoms with Gasteiger partial charge in [0.25, 0.3) is 5.91 Å². The van der Waals surface area contributed by atoms with Crippen LogP contribution in [0.5, 0.6) is 0 Å². The zero-order valence-electron chi connectivity index (χ0n) is 19.6. The highest BCUT2D eigenvalue weighted by Crippen LogP contribution is 2.22. The molecule has 2 heterocycles. The summed E-state index contributed by atoms with van der Waals surface area (Å²) in [4.78, 5) is 23.4. The van der Waals surface area contributed by atoms with Gasteiger partial charge in [0.05, 0.1) is 24.3 Å². The van der Waals surface area contributed by atoms with Gasteiger partial charge in [0.15, 0.2) is 0 Å². The van der Waals surface area contributed by atoms with Gasteiger partial charge in [-0.2, -0.15) is 5.10 Å². The summed E-state index contributed by atoms with van der Waals surface area (Å²) in [5, 5.41) is 18.4. The maximum absolute atomic E-state index is 12.6. The SMILES string of the molecule is Cc1nn(Cc2ccc(C(=O)NCc3cccc(COCc4ccco4)c3)cc2)c(C)c1[N+](=O)[O-]. The zero-order chi connectivity index (χ0) is 24.8. The zero-order valence-corrected chi connectivity index (χ0v) is 19.6. The van der Waals surface area contributed by atoms with Gasteiger partial charge in [-0.15, -0.1) is 0 Å². The molecule has 1 amide bonds. The maximum Gasteiger partial charge on any atom is 0.312 e. The molecule has 9 heteroatoms. The van der Waals surface area contributed by atoms with E-state index in [9.17, 15) is 14.9 Å². The molecular formula is C26H26N4O5. The molecule has 0 aliphatic heterocycles. The van der Waals surface area contributed by atoms with Crippen LogP contribution in [0.2, 0.25) is 0 Å². The van der Waals surface area contributed by atoms with E-state index >= 15 is 0 Å². The standard InChI is InChI=1S/C26H26N4O5/c1-18-25(30(32)33)19(2)29(28-18)15-20-8-10-23(11-9-20)26(31)27-14-21-5-3-6-22(13-21)16-34-17-24-7-4-12-35-24/h3-13H,14-17H2,1-2H3,(H,27,31). The highest BCUT2D eigenvalue weighted by Gasteiger charge is 2.21. The van der Waals surface area contributed by atoms with E-state index in [-0.39, 0.29) is 11.6 Å². The monoisotopic (exact) mass is 474 g/mol. The van der Waals surface area contributed by atoms with Gasteiger partial charge in [-0.25, -0.2) is 0 Å². The van der Waals surface area contributed by atoms with E-state index in [0.29, 0.717) is 43.3 Å². The number of hydrogen-bond donors (Lipinski definition) is 1. The van der Waals surface area contributed by atoms with Gasteiger partial charge in [0.2, 0.25) is 0 Å². The van der Waals surface area contributed by atoms with Crippen molar-refractivity contribution in [3.05, 3.63) is 116 Å². The van der Waals surface area contributed by atoms with Gasteiger partial charge in [-0.05, 0) is 54.8 Å². The van der Waals surface area contributed by atoms with Crippen LogP contribution in [0.1, 0.15) is 44.2 Å². The maximum atomic E-state index is 12.6. The first-order chi connectivity index (χ1) is 16.9. The van der Waals surface area contributed by atoms with Crippen molar-refractivity contribution in [1.29, 1.82) is 0 Å². The molecule has 0 spiro atoms. The number of carbonyl (C=O) groups excluding carboxylic acids is 1. The molecule has 4 rings (SSSR count). The van der Waals surface area contributed by atoms with Crippen LogP contribution < -0.4 is 5.32 Å². The Morgan fingerprint density at radius 2 is 1.83 bits per heavy atom. The van der Waals surface area contributed by atoms with Gasteiger partial charge in [-0.3, -0.25) is 19.6 Å². The molecule has 180 valence electrons. The van der Waals surface area contributed by atoms with Gasteiger partial charge >= 0.3 is 5.69 Å². The Hall–Kier alpha value is -4.24. The summed E-state index contributed by atoms with van der Waals surface area (Å²) >= 11 is 0. The third-order valence-electron chi connectivity index (χ3n) is 5.61. The highest BCUT2D eigenvalue weighted by molar-refractivity contribution is 5.94. The van der Waals surface area contributed by atoms with E-state index < -0.39 is 4.92 Å². The van der Waals surface area contributed by atoms with E-state index in [2.05, 4.69) is 10.4 Å². The summed E-state index contributed by atoms with van der Waals surface area (Å²) in [6.07, 6.45) is 1.62. The van der Waals surface area contributed by atoms with Crippen molar-refractivity contribution in [1.82, 2.24) is 15.1 Å². The van der Waals surface area contributed by atoms with E-state index in [0.717, 1.165) is 22.5 Å². The van der Waals surface area contributed by atoms with Gasteiger partial charge in [-0.1, -0.05) is 36.4 Å². The summed E-state index contributed by atoms with van der Waals surface area (Å²) in [6.45, 7) is 4.93. The van der Waals surface area contributed by atoms with Crippen LogP contribution in [0.25, 0.3) is 0 Å². The molecule has 1 N–H and O–H groups in total. The fraction of sp³-hybridized carbons (Fsp3) is 0.231. The van der Waals surface area contributed by atoms with E-state index in [4.69, 9.17) is 9.15 Å². The number of aryl methyl sites for hydroxylation is 1. The second-order valence-corrected chi connectivity index (χ2v) is 8.21. The molecule has 2 aromatic carbocycles. The summed E-state index contributed by atoms with van der Waals surface area (Å²) < 4.78 is 12.5. The fourth-order valence-electron chi connectivity index (χ4n) is 3.82. The Morgan fingerprint density at radius 3 is 2.51 bits per heavy atom. The third kappa shape index (κ3) is 6.01. The molecule has 4 aromatic rings. The van der Waals surface area contributed by atoms with Crippen LogP contribution in [0.4, 0.5) is 5.69 Å². The Morgan fingerprint density at radius 1 is 1.06 bits per heavy atom. The van der Waals surface area contributed by atoms with E-state index in [1.807, 2.05) is 48.5 Å². The Kier molecular flexibility index (Phi) is 7.37. The molecule has 0 atom stereocenters. The minimum absolute atomic E-state index is 0.0363. The van der Waals surface area contributed by atoms with Crippen LogP contribution in [0.15, 0.2) is 71.3 Å². The molecule has 35 heavy (non-hydrogen) atoms. The number of carbonyl (C=O) groups is 1. The van der Waals surface area contributed by atoms with Crippen molar-refractivity contribution in [2.24, 2.45) is 0 Å². The van der Waals surface area contributed by atoms with Crippen molar-refractivity contribution < 1.29 is 18.9 Å². The largest absolute Gasteiger partial charge is 0.467 e.